The molecule has 0 rings (SSSR count). The van der Waals surface area contributed by atoms with Gasteiger partial charge in [0, 0.05) is 28.3 Å². The summed E-state index contributed by atoms with van der Waals surface area (Å²) in [5.41, 5.74) is 5.37. The lowest BCUT2D eigenvalue weighted by atomic mass is 10.2. The molecule has 78 valence electrons. The number of unbranched alkanes of at least 4 members (excludes halogenated alkanes) is 1. The number of halogens is 1. The standard InChI is InChI=1S/C9H18ClNS2/c1-2-3-4-8(10)7-9(12)13-6-5-11/h8H,2-7,11H2,1H3. The van der Waals surface area contributed by atoms with Crippen molar-refractivity contribution in [1.82, 2.24) is 0 Å². The molecule has 0 aromatic heterocycles. The van der Waals surface area contributed by atoms with E-state index in [1.54, 1.807) is 11.8 Å². The van der Waals surface area contributed by atoms with Crippen molar-refractivity contribution in [1.29, 1.82) is 0 Å². The summed E-state index contributed by atoms with van der Waals surface area (Å²) in [6.45, 7) is 2.86. The molecule has 0 heterocycles. The lowest BCUT2D eigenvalue weighted by Crippen LogP contribution is -2.07. The molecule has 2 N–H and O–H groups in total. The average Bonchev–Trinajstić information content (AvgIpc) is 2.11. The smallest absolute Gasteiger partial charge is 0.0493 e. The van der Waals surface area contributed by atoms with Crippen LogP contribution in [0.25, 0.3) is 0 Å². The molecule has 0 aromatic rings. The number of thiocarbonyl (C=S) groups is 1. The van der Waals surface area contributed by atoms with E-state index in [0.717, 1.165) is 22.8 Å². The Morgan fingerprint density at radius 2 is 2.31 bits per heavy atom. The zero-order chi connectivity index (χ0) is 10.1. The Morgan fingerprint density at radius 3 is 2.85 bits per heavy atom. The maximum absolute atomic E-state index is 6.10. The highest BCUT2D eigenvalue weighted by Crippen LogP contribution is 2.17. The molecule has 13 heavy (non-hydrogen) atoms. The summed E-state index contributed by atoms with van der Waals surface area (Å²) in [7, 11) is 0. The number of hydrogen-bond donors (Lipinski definition) is 1. The van der Waals surface area contributed by atoms with Crippen molar-refractivity contribution < 1.29 is 0 Å². The Kier molecular flexibility index (Phi) is 9.74. The van der Waals surface area contributed by atoms with Gasteiger partial charge in [-0.25, -0.2) is 0 Å². The fraction of sp³-hybridized carbons (Fsp3) is 0.889. The Labute approximate surface area is 95.8 Å². The maximum Gasteiger partial charge on any atom is 0.0493 e. The lowest BCUT2D eigenvalue weighted by Gasteiger charge is -2.08. The first kappa shape index (κ1) is 13.7. The van der Waals surface area contributed by atoms with Crippen LogP contribution in [-0.4, -0.2) is 21.9 Å². The molecular weight excluding hydrogens is 222 g/mol. The van der Waals surface area contributed by atoms with Gasteiger partial charge >= 0.3 is 0 Å². The van der Waals surface area contributed by atoms with Crippen LogP contribution in [-0.2, 0) is 0 Å². The first-order valence-corrected chi connectivity index (χ1v) is 6.53. The molecule has 1 atom stereocenters. The van der Waals surface area contributed by atoms with Gasteiger partial charge in [-0.3, -0.25) is 0 Å². The molecule has 0 aliphatic heterocycles. The van der Waals surface area contributed by atoms with Crippen molar-refractivity contribution in [3.05, 3.63) is 0 Å². The molecule has 0 saturated carbocycles. The molecule has 0 aliphatic rings. The molecule has 0 radical (unpaired) electrons. The highest BCUT2D eigenvalue weighted by atomic mass is 35.5. The zero-order valence-electron chi connectivity index (χ0n) is 8.09. The largest absolute Gasteiger partial charge is 0.330 e. The Bertz CT molecular complexity index is 142. The topological polar surface area (TPSA) is 26.0 Å². The first-order valence-electron chi connectivity index (χ1n) is 4.70. The van der Waals surface area contributed by atoms with Gasteiger partial charge in [-0.2, -0.15) is 0 Å². The van der Waals surface area contributed by atoms with Crippen LogP contribution in [0.3, 0.4) is 0 Å². The van der Waals surface area contributed by atoms with Crippen molar-refractivity contribution >= 4 is 39.8 Å². The Hall–Kier alpha value is 0.690. The third-order valence-corrected chi connectivity index (χ3v) is 3.46. The van der Waals surface area contributed by atoms with Crippen molar-refractivity contribution in [2.24, 2.45) is 5.73 Å². The second-order valence-corrected chi connectivity index (χ2v) is 5.51. The fourth-order valence-corrected chi connectivity index (χ4v) is 2.55. The molecule has 0 bridgehead atoms. The molecule has 1 unspecified atom stereocenters. The molecular formula is C9H18ClNS2. The maximum atomic E-state index is 6.10. The molecule has 0 aromatic carbocycles. The summed E-state index contributed by atoms with van der Waals surface area (Å²) >= 11 is 12.9. The van der Waals surface area contributed by atoms with Crippen LogP contribution in [0.5, 0.6) is 0 Å². The van der Waals surface area contributed by atoms with Crippen LogP contribution < -0.4 is 5.73 Å². The van der Waals surface area contributed by atoms with Gasteiger partial charge in [0.25, 0.3) is 0 Å². The van der Waals surface area contributed by atoms with Crippen LogP contribution in [0, 0.1) is 0 Å². The highest BCUT2D eigenvalue weighted by Gasteiger charge is 2.07. The van der Waals surface area contributed by atoms with Crippen LogP contribution in [0.4, 0.5) is 0 Å². The van der Waals surface area contributed by atoms with Gasteiger partial charge in [-0.15, -0.1) is 23.4 Å². The summed E-state index contributed by atoms with van der Waals surface area (Å²) in [5.74, 6) is 0.913. The number of nitrogens with two attached hydrogens (primary N) is 1. The van der Waals surface area contributed by atoms with Gasteiger partial charge in [-0.05, 0) is 6.42 Å². The van der Waals surface area contributed by atoms with E-state index >= 15 is 0 Å². The van der Waals surface area contributed by atoms with Gasteiger partial charge < -0.3 is 5.73 Å². The predicted octanol–water partition coefficient (Wildman–Crippen LogP) is 3.19. The van der Waals surface area contributed by atoms with Crippen LogP contribution in [0.15, 0.2) is 0 Å². The van der Waals surface area contributed by atoms with E-state index in [4.69, 9.17) is 29.6 Å². The van der Waals surface area contributed by atoms with Gasteiger partial charge in [0.15, 0.2) is 0 Å². The Balaban J connectivity index is 3.41. The van der Waals surface area contributed by atoms with E-state index in [2.05, 4.69) is 6.92 Å². The molecule has 0 spiro atoms. The van der Waals surface area contributed by atoms with E-state index < -0.39 is 0 Å². The van der Waals surface area contributed by atoms with Gasteiger partial charge in [-0.1, -0.05) is 32.0 Å². The highest BCUT2D eigenvalue weighted by molar-refractivity contribution is 8.23. The second kappa shape index (κ2) is 9.25. The SMILES string of the molecule is CCCCC(Cl)CC(=S)SCCN. The number of rotatable bonds is 7. The lowest BCUT2D eigenvalue weighted by molar-refractivity contribution is 0.693. The summed E-state index contributed by atoms with van der Waals surface area (Å²) < 4.78 is 1.00. The second-order valence-electron chi connectivity index (χ2n) is 2.95. The summed E-state index contributed by atoms with van der Waals surface area (Å²) in [6.07, 6.45) is 4.31. The number of hydrogen-bond acceptors (Lipinski definition) is 3. The summed E-state index contributed by atoms with van der Waals surface area (Å²) in [5, 5.41) is 0.220. The minimum atomic E-state index is 0.220. The quantitative estimate of drug-likeness (QED) is 0.546. The Morgan fingerprint density at radius 1 is 1.62 bits per heavy atom. The van der Waals surface area contributed by atoms with E-state index in [0.29, 0.717) is 6.54 Å². The van der Waals surface area contributed by atoms with Gasteiger partial charge in [0.1, 0.15) is 0 Å². The summed E-state index contributed by atoms with van der Waals surface area (Å²) in [6, 6.07) is 0. The number of thioether (sulfide) groups is 1. The van der Waals surface area contributed by atoms with E-state index in [1.165, 1.54) is 12.8 Å². The van der Waals surface area contributed by atoms with E-state index in [-0.39, 0.29) is 5.38 Å². The number of alkyl halides is 1. The van der Waals surface area contributed by atoms with Crippen molar-refractivity contribution in [2.75, 3.05) is 12.3 Å². The molecule has 0 fully saturated rings. The first-order chi connectivity index (χ1) is 6.20. The third kappa shape index (κ3) is 9.01. The normalized spacial score (nSPS) is 12.8. The zero-order valence-corrected chi connectivity index (χ0v) is 10.5. The molecule has 0 aliphatic carbocycles. The van der Waals surface area contributed by atoms with Crippen LogP contribution >= 0.6 is 35.6 Å². The summed E-state index contributed by atoms with van der Waals surface area (Å²) in [4.78, 5) is 0. The fourth-order valence-electron chi connectivity index (χ4n) is 0.940. The molecule has 4 heteroatoms. The monoisotopic (exact) mass is 239 g/mol. The van der Waals surface area contributed by atoms with E-state index in [9.17, 15) is 0 Å². The van der Waals surface area contributed by atoms with Gasteiger partial charge in [0.05, 0.1) is 0 Å². The van der Waals surface area contributed by atoms with Crippen molar-refractivity contribution in [3.8, 4) is 0 Å². The predicted molar refractivity (Wildman–Crippen MR) is 67.9 cm³/mol. The molecule has 0 saturated heterocycles. The van der Waals surface area contributed by atoms with E-state index in [1.807, 2.05) is 0 Å². The molecule has 1 nitrogen and oxygen atoms in total. The van der Waals surface area contributed by atoms with Gasteiger partial charge in [0.2, 0.25) is 0 Å². The minimum Gasteiger partial charge on any atom is -0.330 e. The van der Waals surface area contributed by atoms with Crippen LogP contribution in [0.1, 0.15) is 32.6 Å². The third-order valence-electron chi connectivity index (χ3n) is 1.64. The average molecular weight is 240 g/mol. The minimum absolute atomic E-state index is 0.220. The van der Waals surface area contributed by atoms with Crippen molar-refractivity contribution in [2.45, 2.75) is 38.0 Å². The van der Waals surface area contributed by atoms with Crippen molar-refractivity contribution in [3.63, 3.8) is 0 Å². The van der Waals surface area contributed by atoms with Crippen LogP contribution in [0.2, 0.25) is 0 Å². The molecule has 0 amide bonds.